The van der Waals surface area contributed by atoms with Gasteiger partial charge in [0.1, 0.15) is 4.60 Å². The zero-order chi connectivity index (χ0) is 12.3. The quantitative estimate of drug-likeness (QED) is 0.873. The van der Waals surface area contributed by atoms with E-state index >= 15 is 0 Å². The Morgan fingerprint density at radius 1 is 1.35 bits per heavy atom. The van der Waals surface area contributed by atoms with E-state index in [1.807, 2.05) is 19.1 Å². The largest absolute Gasteiger partial charge is 0.378 e. The minimum Gasteiger partial charge on any atom is -0.378 e. The molecule has 2 rings (SSSR count). The first kappa shape index (κ1) is 12.2. The molecule has 2 heterocycles. The van der Waals surface area contributed by atoms with Crippen LogP contribution < -0.4 is 5.32 Å². The highest BCUT2D eigenvalue weighted by Crippen LogP contribution is 2.17. The molecule has 3 nitrogen and oxygen atoms in total. The van der Waals surface area contributed by atoms with Gasteiger partial charge in [-0.3, -0.25) is 0 Å². The maximum atomic E-state index is 4.36. The van der Waals surface area contributed by atoms with E-state index in [1.54, 1.807) is 0 Å². The third-order valence-electron chi connectivity index (χ3n) is 2.78. The van der Waals surface area contributed by atoms with Crippen LogP contribution in [0.2, 0.25) is 0 Å². The van der Waals surface area contributed by atoms with Gasteiger partial charge in [0, 0.05) is 18.4 Å². The van der Waals surface area contributed by atoms with Crippen molar-refractivity contribution in [1.29, 1.82) is 0 Å². The summed E-state index contributed by atoms with van der Waals surface area (Å²) in [7, 11) is 0. The van der Waals surface area contributed by atoms with E-state index in [0.29, 0.717) is 0 Å². The molecule has 0 saturated heterocycles. The van der Waals surface area contributed by atoms with Gasteiger partial charge in [0.15, 0.2) is 0 Å². The molecular weight excluding hydrogens is 278 g/mol. The Bertz CT molecular complexity index is 505. The Kier molecular flexibility index (Phi) is 3.84. The normalized spacial score (nSPS) is 10.5. The molecule has 0 amide bonds. The van der Waals surface area contributed by atoms with E-state index < -0.39 is 0 Å². The fourth-order valence-corrected chi connectivity index (χ4v) is 2.22. The van der Waals surface area contributed by atoms with Gasteiger partial charge in [-0.2, -0.15) is 0 Å². The number of nitrogens with zero attached hydrogens (tertiary/aromatic N) is 2. The molecule has 0 fully saturated rings. The summed E-state index contributed by atoms with van der Waals surface area (Å²) >= 11 is 3.37. The summed E-state index contributed by atoms with van der Waals surface area (Å²) in [5, 5.41) is 3.41. The molecule has 2 aromatic heterocycles. The highest BCUT2D eigenvalue weighted by atomic mass is 79.9. The maximum Gasteiger partial charge on any atom is 0.106 e. The predicted molar refractivity (Wildman–Crippen MR) is 74.1 cm³/mol. The summed E-state index contributed by atoms with van der Waals surface area (Å²) in [6, 6.07) is 8.21. The Balaban J connectivity index is 2.07. The van der Waals surface area contributed by atoms with Crippen LogP contribution in [-0.4, -0.2) is 9.55 Å². The maximum absolute atomic E-state index is 4.36. The standard InChI is InChI=1S/C13H16BrN3/c1-3-17-8-4-5-11(17)9-15-12-6-7-13(14)16-10(12)2/h4-8,15H,3,9H2,1-2H3. The van der Waals surface area contributed by atoms with Gasteiger partial charge in [-0.05, 0) is 54.0 Å². The van der Waals surface area contributed by atoms with Gasteiger partial charge in [-0.1, -0.05) is 0 Å². The smallest absolute Gasteiger partial charge is 0.106 e. The van der Waals surface area contributed by atoms with Crippen molar-refractivity contribution in [1.82, 2.24) is 9.55 Å². The van der Waals surface area contributed by atoms with Crippen molar-refractivity contribution in [3.05, 3.63) is 46.5 Å². The number of aromatic nitrogens is 2. The summed E-state index contributed by atoms with van der Waals surface area (Å²) in [4.78, 5) is 4.36. The zero-order valence-corrected chi connectivity index (χ0v) is 11.7. The van der Waals surface area contributed by atoms with Crippen molar-refractivity contribution in [2.75, 3.05) is 5.32 Å². The number of nitrogens with one attached hydrogen (secondary N) is 1. The first-order valence-electron chi connectivity index (χ1n) is 5.71. The van der Waals surface area contributed by atoms with Gasteiger partial charge in [0.2, 0.25) is 0 Å². The zero-order valence-electron chi connectivity index (χ0n) is 10.1. The van der Waals surface area contributed by atoms with Crippen LogP contribution in [0.15, 0.2) is 35.1 Å². The summed E-state index contributed by atoms with van der Waals surface area (Å²) in [5.41, 5.74) is 3.38. The fourth-order valence-electron chi connectivity index (χ4n) is 1.82. The Morgan fingerprint density at radius 3 is 2.88 bits per heavy atom. The molecule has 17 heavy (non-hydrogen) atoms. The number of rotatable bonds is 4. The number of aryl methyl sites for hydroxylation is 2. The molecule has 0 radical (unpaired) electrons. The van der Waals surface area contributed by atoms with Crippen molar-refractivity contribution in [3.63, 3.8) is 0 Å². The van der Waals surface area contributed by atoms with Crippen LogP contribution in [0.5, 0.6) is 0 Å². The van der Waals surface area contributed by atoms with E-state index in [-0.39, 0.29) is 0 Å². The number of halogens is 1. The van der Waals surface area contributed by atoms with Crippen LogP contribution in [0, 0.1) is 6.92 Å². The van der Waals surface area contributed by atoms with Gasteiger partial charge >= 0.3 is 0 Å². The lowest BCUT2D eigenvalue weighted by Crippen LogP contribution is -2.07. The summed E-state index contributed by atoms with van der Waals surface area (Å²) in [6.45, 7) is 5.98. The Hall–Kier alpha value is -1.29. The third-order valence-corrected chi connectivity index (χ3v) is 3.22. The topological polar surface area (TPSA) is 29.9 Å². The SMILES string of the molecule is CCn1cccc1CNc1ccc(Br)nc1C. The van der Waals surface area contributed by atoms with Crippen LogP contribution in [0.3, 0.4) is 0 Å². The molecule has 0 bridgehead atoms. The first-order valence-corrected chi connectivity index (χ1v) is 6.51. The molecular formula is C13H16BrN3. The second-order valence-electron chi connectivity index (χ2n) is 3.91. The van der Waals surface area contributed by atoms with Crippen LogP contribution in [-0.2, 0) is 13.1 Å². The highest BCUT2D eigenvalue weighted by Gasteiger charge is 2.02. The van der Waals surface area contributed by atoms with Crippen molar-refractivity contribution in [3.8, 4) is 0 Å². The number of hydrogen-bond donors (Lipinski definition) is 1. The van der Waals surface area contributed by atoms with E-state index in [2.05, 4.69) is 56.1 Å². The predicted octanol–water partition coefficient (Wildman–Crippen LogP) is 3.59. The molecule has 0 unspecified atom stereocenters. The molecule has 4 heteroatoms. The molecule has 0 atom stereocenters. The van der Waals surface area contributed by atoms with Crippen LogP contribution in [0.4, 0.5) is 5.69 Å². The molecule has 2 aromatic rings. The van der Waals surface area contributed by atoms with E-state index in [1.165, 1.54) is 5.69 Å². The van der Waals surface area contributed by atoms with Gasteiger partial charge in [0.25, 0.3) is 0 Å². The van der Waals surface area contributed by atoms with Crippen LogP contribution in [0.25, 0.3) is 0 Å². The lowest BCUT2D eigenvalue weighted by atomic mass is 10.3. The van der Waals surface area contributed by atoms with E-state index in [9.17, 15) is 0 Å². The number of hydrogen-bond acceptors (Lipinski definition) is 2. The third kappa shape index (κ3) is 2.88. The molecule has 0 saturated carbocycles. The monoisotopic (exact) mass is 293 g/mol. The first-order chi connectivity index (χ1) is 8.20. The van der Waals surface area contributed by atoms with E-state index in [0.717, 1.165) is 29.1 Å². The minimum atomic E-state index is 0.824. The number of anilines is 1. The Labute approximate surface area is 110 Å². The van der Waals surface area contributed by atoms with Crippen molar-refractivity contribution < 1.29 is 0 Å². The molecule has 0 aliphatic rings. The van der Waals surface area contributed by atoms with Gasteiger partial charge in [0.05, 0.1) is 17.9 Å². The van der Waals surface area contributed by atoms with Gasteiger partial charge in [-0.15, -0.1) is 0 Å². The summed E-state index contributed by atoms with van der Waals surface area (Å²) < 4.78 is 3.10. The number of pyridine rings is 1. The van der Waals surface area contributed by atoms with Crippen molar-refractivity contribution in [2.45, 2.75) is 26.9 Å². The molecule has 0 spiro atoms. The second-order valence-corrected chi connectivity index (χ2v) is 4.72. The lowest BCUT2D eigenvalue weighted by molar-refractivity contribution is 0.724. The molecule has 0 aliphatic carbocycles. The van der Waals surface area contributed by atoms with Crippen LogP contribution >= 0.6 is 15.9 Å². The Morgan fingerprint density at radius 2 is 2.18 bits per heavy atom. The second kappa shape index (κ2) is 5.36. The van der Waals surface area contributed by atoms with Gasteiger partial charge in [-0.25, -0.2) is 4.98 Å². The fraction of sp³-hybridized carbons (Fsp3) is 0.308. The molecule has 1 N–H and O–H groups in total. The molecule has 0 aromatic carbocycles. The average molecular weight is 294 g/mol. The molecule has 0 aliphatic heterocycles. The minimum absolute atomic E-state index is 0.824. The van der Waals surface area contributed by atoms with Crippen molar-refractivity contribution in [2.24, 2.45) is 0 Å². The average Bonchev–Trinajstić information content (AvgIpc) is 2.75. The summed E-state index contributed by atoms with van der Waals surface area (Å²) in [5.74, 6) is 0. The lowest BCUT2D eigenvalue weighted by Gasteiger charge is -2.11. The molecule has 90 valence electrons. The van der Waals surface area contributed by atoms with Gasteiger partial charge < -0.3 is 9.88 Å². The van der Waals surface area contributed by atoms with E-state index in [4.69, 9.17) is 0 Å². The summed E-state index contributed by atoms with van der Waals surface area (Å²) in [6.07, 6.45) is 2.10. The van der Waals surface area contributed by atoms with Crippen molar-refractivity contribution >= 4 is 21.6 Å². The van der Waals surface area contributed by atoms with Crippen LogP contribution in [0.1, 0.15) is 18.3 Å². The highest BCUT2D eigenvalue weighted by molar-refractivity contribution is 9.10.